The van der Waals surface area contributed by atoms with Crippen molar-refractivity contribution >= 4 is 11.6 Å². The van der Waals surface area contributed by atoms with Crippen LogP contribution in [-0.4, -0.2) is 30.2 Å². The van der Waals surface area contributed by atoms with Crippen LogP contribution in [0.4, 0.5) is 5.69 Å². The van der Waals surface area contributed by atoms with Gasteiger partial charge in [0.05, 0.1) is 12.6 Å². The Hall–Kier alpha value is -1.55. The van der Waals surface area contributed by atoms with Gasteiger partial charge in [0.1, 0.15) is 0 Å². The fourth-order valence-electron chi connectivity index (χ4n) is 2.41. The third-order valence-corrected chi connectivity index (χ3v) is 3.63. The van der Waals surface area contributed by atoms with Crippen LogP contribution in [0.2, 0.25) is 0 Å². The third kappa shape index (κ3) is 4.91. The zero-order valence-corrected chi connectivity index (χ0v) is 11.1. The number of aliphatic hydroxyl groups is 1. The molecular weight excluding hydrogens is 240 g/mol. The topological polar surface area (TPSA) is 61.4 Å². The van der Waals surface area contributed by atoms with Crippen molar-refractivity contribution in [2.75, 3.05) is 18.4 Å². The second-order valence-corrected chi connectivity index (χ2v) is 5.20. The summed E-state index contributed by atoms with van der Waals surface area (Å²) in [5, 5.41) is 15.5. The summed E-state index contributed by atoms with van der Waals surface area (Å²) in [5.74, 6) is 0.541. The molecule has 0 unspecified atom stereocenters. The van der Waals surface area contributed by atoms with Gasteiger partial charge in [-0.15, -0.1) is 0 Å². The highest BCUT2D eigenvalue weighted by Gasteiger charge is 2.19. The first-order valence-corrected chi connectivity index (χ1v) is 6.97. The predicted octanol–water partition coefficient (Wildman–Crippen LogP) is 1.77. The molecule has 3 N–H and O–H groups in total. The predicted molar refractivity (Wildman–Crippen MR) is 75.9 cm³/mol. The van der Waals surface area contributed by atoms with Gasteiger partial charge in [-0.05, 0) is 43.7 Å². The van der Waals surface area contributed by atoms with Gasteiger partial charge in [0.25, 0.3) is 0 Å². The molecule has 1 aliphatic carbocycles. The quantitative estimate of drug-likeness (QED) is 0.758. The van der Waals surface area contributed by atoms with E-state index in [1.165, 1.54) is 0 Å². The normalized spacial score (nSPS) is 22.8. The van der Waals surface area contributed by atoms with Crippen molar-refractivity contribution in [3.8, 4) is 0 Å². The second-order valence-electron chi connectivity index (χ2n) is 5.20. The highest BCUT2D eigenvalue weighted by Crippen LogP contribution is 2.23. The van der Waals surface area contributed by atoms with E-state index in [0.717, 1.165) is 37.9 Å². The molecule has 4 nitrogen and oxygen atoms in total. The van der Waals surface area contributed by atoms with Crippen LogP contribution in [0.3, 0.4) is 0 Å². The molecule has 0 spiro atoms. The van der Waals surface area contributed by atoms with Gasteiger partial charge < -0.3 is 15.7 Å². The van der Waals surface area contributed by atoms with Crippen LogP contribution in [0.5, 0.6) is 0 Å². The van der Waals surface area contributed by atoms with Crippen LogP contribution in [0.25, 0.3) is 0 Å². The number of benzene rings is 1. The minimum absolute atomic E-state index is 0.0231. The Morgan fingerprint density at radius 3 is 2.53 bits per heavy atom. The van der Waals surface area contributed by atoms with Crippen molar-refractivity contribution in [1.82, 2.24) is 5.32 Å². The number of carbonyl (C=O) groups is 1. The van der Waals surface area contributed by atoms with Gasteiger partial charge >= 0.3 is 0 Å². The number of para-hydroxylation sites is 1. The molecule has 1 aliphatic rings. The molecule has 0 saturated heterocycles. The van der Waals surface area contributed by atoms with Crippen molar-refractivity contribution in [3.05, 3.63) is 30.3 Å². The molecule has 0 aromatic heterocycles. The first-order valence-electron chi connectivity index (χ1n) is 6.97. The maximum Gasteiger partial charge on any atom is 0.239 e. The Morgan fingerprint density at radius 2 is 1.84 bits per heavy atom. The van der Waals surface area contributed by atoms with Crippen LogP contribution >= 0.6 is 0 Å². The number of anilines is 1. The van der Waals surface area contributed by atoms with Crippen LogP contribution in [-0.2, 0) is 4.79 Å². The second kappa shape index (κ2) is 7.14. The van der Waals surface area contributed by atoms with Gasteiger partial charge in [0.2, 0.25) is 5.91 Å². The summed E-state index contributed by atoms with van der Waals surface area (Å²) in [7, 11) is 0. The molecule has 0 bridgehead atoms. The lowest BCUT2D eigenvalue weighted by molar-refractivity contribution is -0.119. The molecule has 4 heteroatoms. The molecule has 2 rings (SSSR count). The molecule has 0 atom stereocenters. The number of hydrogen-bond donors (Lipinski definition) is 3. The molecule has 1 fully saturated rings. The highest BCUT2D eigenvalue weighted by molar-refractivity contribution is 5.80. The Morgan fingerprint density at radius 1 is 1.16 bits per heavy atom. The van der Waals surface area contributed by atoms with Gasteiger partial charge in [-0.2, -0.15) is 0 Å². The minimum atomic E-state index is -0.133. The fraction of sp³-hybridized carbons (Fsp3) is 0.533. The smallest absolute Gasteiger partial charge is 0.239 e. The zero-order valence-electron chi connectivity index (χ0n) is 11.1. The lowest BCUT2D eigenvalue weighted by atomic mass is 9.87. The Kier molecular flexibility index (Phi) is 5.21. The lowest BCUT2D eigenvalue weighted by Gasteiger charge is -2.25. The summed E-state index contributed by atoms with van der Waals surface area (Å²) in [6, 6.07) is 9.70. The summed E-state index contributed by atoms with van der Waals surface area (Å²) >= 11 is 0. The number of carbonyl (C=O) groups excluding carboxylic acids is 1. The van der Waals surface area contributed by atoms with E-state index in [1.54, 1.807) is 0 Å². The number of hydrogen-bond acceptors (Lipinski definition) is 3. The monoisotopic (exact) mass is 262 g/mol. The van der Waals surface area contributed by atoms with Crippen molar-refractivity contribution in [3.63, 3.8) is 0 Å². The van der Waals surface area contributed by atoms with Crippen molar-refractivity contribution in [2.45, 2.75) is 31.8 Å². The van der Waals surface area contributed by atoms with E-state index in [-0.39, 0.29) is 12.0 Å². The Bertz CT molecular complexity index is 386. The van der Waals surface area contributed by atoms with Gasteiger partial charge in [0.15, 0.2) is 0 Å². The van der Waals surface area contributed by atoms with Crippen LogP contribution in [0.1, 0.15) is 25.7 Å². The Balaban J connectivity index is 1.62. The standard InChI is InChI=1S/C15H22N2O2/c18-14-8-6-12(7-9-14)10-17-15(19)11-16-13-4-2-1-3-5-13/h1-5,12,14,16,18H,6-11H2,(H,17,19). The molecule has 1 amide bonds. The van der Waals surface area contributed by atoms with E-state index in [2.05, 4.69) is 10.6 Å². The molecular formula is C15H22N2O2. The van der Waals surface area contributed by atoms with Crippen LogP contribution in [0, 0.1) is 5.92 Å². The van der Waals surface area contributed by atoms with Crippen molar-refractivity contribution in [1.29, 1.82) is 0 Å². The van der Waals surface area contributed by atoms with Gasteiger partial charge in [-0.25, -0.2) is 0 Å². The molecule has 19 heavy (non-hydrogen) atoms. The van der Waals surface area contributed by atoms with Crippen LogP contribution < -0.4 is 10.6 Å². The SMILES string of the molecule is O=C(CNc1ccccc1)NCC1CCC(O)CC1. The van der Waals surface area contributed by atoms with E-state index < -0.39 is 0 Å². The maximum atomic E-state index is 11.7. The van der Waals surface area contributed by atoms with E-state index in [4.69, 9.17) is 0 Å². The van der Waals surface area contributed by atoms with E-state index in [0.29, 0.717) is 12.5 Å². The van der Waals surface area contributed by atoms with Crippen LogP contribution in [0.15, 0.2) is 30.3 Å². The minimum Gasteiger partial charge on any atom is -0.393 e. The van der Waals surface area contributed by atoms with E-state index in [9.17, 15) is 9.90 Å². The first-order chi connectivity index (χ1) is 9.24. The maximum absolute atomic E-state index is 11.7. The van der Waals surface area contributed by atoms with E-state index >= 15 is 0 Å². The van der Waals surface area contributed by atoms with Crippen molar-refractivity contribution in [2.24, 2.45) is 5.92 Å². The summed E-state index contributed by atoms with van der Waals surface area (Å²) in [4.78, 5) is 11.7. The fourth-order valence-corrected chi connectivity index (χ4v) is 2.41. The molecule has 104 valence electrons. The first kappa shape index (κ1) is 13.9. The average molecular weight is 262 g/mol. The zero-order chi connectivity index (χ0) is 13.5. The van der Waals surface area contributed by atoms with Gasteiger partial charge in [-0.3, -0.25) is 4.79 Å². The third-order valence-electron chi connectivity index (χ3n) is 3.63. The summed E-state index contributed by atoms with van der Waals surface area (Å²) in [6.45, 7) is 1.03. The lowest BCUT2D eigenvalue weighted by Crippen LogP contribution is -2.35. The Labute approximate surface area is 114 Å². The molecule has 1 aromatic carbocycles. The summed E-state index contributed by atoms with van der Waals surface area (Å²) in [6.07, 6.45) is 3.61. The van der Waals surface area contributed by atoms with E-state index in [1.807, 2.05) is 30.3 Å². The number of rotatable bonds is 5. The molecule has 0 aliphatic heterocycles. The number of nitrogens with one attached hydrogen (secondary N) is 2. The average Bonchev–Trinajstić information content (AvgIpc) is 2.45. The molecule has 1 aromatic rings. The molecule has 1 saturated carbocycles. The van der Waals surface area contributed by atoms with Gasteiger partial charge in [-0.1, -0.05) is 18.2 Å². The molecule has 0 radical (unpaired) electrons. The van der Waals surface area contributed by atoms with Crippen molar-refractivity contribution < 1.29 is 9.90 Å². The van der Waals surface area contributed by atoms with Gasteiger partial charge in [0, 0.05) is 12.2 Å². The molecule has 0 heterocycles. The highest BCUT2D eigenvalue weighted by atomic mass is 16.3. The largest absolute Gasteiger partial charge is 0.393 e. The summed E-state index contributed by atoms with van der Waals surface area (Å²) < 4.78 is 0. The number of aliphatic hydroxyl groups excluding tert-OH is 1. The number of amides is 1. The summed E-state index contributed by atoms with van der Waals surface area (Å²) in [5.41, 5.74) is 0.957.